The first-order valence-corrected chi connectivity index (χ1v) is 8.14. The maximum atomic E-state index is 12.2. The van der Waals surface area contributed by atoms with Crippen LogP contribution in [0.2, 0.25) is 0 Å². The molecule has 0 radical (unpaired) electrons. The van der Waals surface area contributed by atoms with Gasteiger partial charge in [-0.1, -0.05) is 13.3 Å². The lowest BCUT2D eigenvalue weighted by Crippen LogP contribution is -2.32. The number of carbonyl (C=O) groups excluding carboxylic acids is 2. The summed E-state index contributed by atoms with van der Waals surface area (Å²) in [5.74, 6) is -0.0457. The summed E-state index contributed by atoms with van der Waals surface area (Å²) in [7, 11) is 0. The summed E-state index contributed by atoms with van der Waals surface area (Å²) in [5, 5.41) is 3.07. The molecule has 2 aliphatic rings. The molecule has 3 heterocycles. The third-order valence-corrected chi connectivity index (χ3v) is 4.90. The minimum atomic E-state index is -0.208. The minimum absolute atomic E-state index is 0.0457. The summed E-state index contributed by atoms with van der Waals surface area (Å²) in [6.45, 7) is 3.20. The molecule has 1 atom stereocenters. The molecule has 0 aliphatic carbocycles. The van der Waals surface area contributed by atoms with E-state index in [9.17, 15) is 9.59 Å². The van der Waals surface area contributed by atoms with Crippen molar-refractivity contribution < 1.29 is 9.59 Å². The second-order valence-electron chi connectivity index (χ2n) is 5.39. The van der Waals surface area contributed by atoms with E-state index in [4.69, 9.17) is 0 Å². The van der Waals surface area contributed by atoms with E-state index in [1.54, 1.807) is 16.2 Å². The van der Waals surface area contributed by atoms with Crippen molar-refractivity contribution in [3.05, 3.63) is 16.1 Å². The number of urea groups is 1. The molecule has 2 saturated heterocycles. The van der Waals surface area contributed by atoms with Crippen molar-refractivity contribution in [1.82, 2.24) is 14.8 Å². The van der Waals surface area contributed by atoms with Gasteiger partial charge in [0.1, 0.15) is 6.04 Å². The van der Waals surface area contributed by atoms with Crippen molar-refractivity contribution in [2.45, 2.75) is 51.6 Å². The number of carbonyl (C=O) groups is 2. The zero-order valence-corrected chi connectivity index (χ0v) is 12.5. The van der Waals surface area contributed by atoms with Gasteiger partial charge in [0.05, 0.1) is 17.2 Å². The maximum absolute atomic E-state index is 12.2. The molecule has 5 nitrogen and oxygen atoms in total. The summed E-state index contributed by atoms with van der Waals surface area (Å²) in [6.07, 6.45) is 5.00. The van der Waals surface area contributed by atoms with Gasteiger partial charge in [-0.2, -0.15) is 0 Å². The van der Waals surface area contributed by atoms with Crippen molar-refractivity contribution in [2.75, 3.05) is 6.54 Å². The molecule has 0 N–H and O–H groups in total. The van der Waals surface area contributed by atoms with Gasteiger partial charge in [0, 0.05) is 11.9 Å². The molecule has 2 aliphatic heterocycles. The molecule has 0 spiro atoms. The van der Waals surface area contributed by atoms with Crippen molar-refractivity contribution in [3.63, 3.8) is 0 Å². The number of thiazole rings is 1. The van der Waals surface area contributed by atoms with Crippen LogP contribution in [0.15, 0.2) is 5.38 Å². The van der Waals surface area contributed by atoms with E-state index in [-0.39, 0.29) is 18.0 Å². The van der Waals surface area contributed by atoms with Crippen molar-refractivity contribution in [3.8, 4) is 0 Å². The van der Waals surface area contributed by atoms with Crippen LogP contribution in [-0.2, 0) is 17.8 Å². The van der Waals surface area contributed by atoms with Gasteiger partial charge in [-0.25, -0.2) is 9.78 Å². The first-order valence-electron chi connectivity index (χ1n) is 7.26. The molecule has 0 aromatic carbocycles. The number of aromatic nitrogens is 1. The van der Waals surface area contributed by atoms with Crippen LogP contribution in [-0.4, -0.2) is 39.3 Å². The Hall–Kier alpha value is -1.43. The quantitative estimate of drug-likeness (QED) is 0.783. The highest BCUT2D eigenvalue weighted by molar-refractivity contribution is 7.09. The smallest absolute Gasteiger partial charge is 0.312 e. The second-order valence-corrected chi connectivity index (χ2v) is 6.34. The number of imide groups is 1. The zero-order valence-electron chi connectivity index (χ0n) is 11.7. The molecule has 0 unspecified atom stereocenters. The minimum Gasteiger partial charge on any atom is -0.312 e. The second kappa shape index (κ2) is 5.52. The number of unbranched alkanes of at least 4 members (excludes halogenated alkanes) is 1. The molecule has 6 heteroatoms. The lowest BCUT2D eigenvalue weighted by atomic mass is 10.2. The van der Waals surface area contributed by atoms with Crippen molar-refractivity contribution in [1.29, 1.82) is 0 Å². The van der Waals surface area contributed by atoms with E-state index < -0.39 is 0 Å². The Morgan fingerprint density at radius 2 is 2.30 bits per heavy atom. The Kier molecular flexibility index (Phi) is 3.74. The van der Waals surface area contributed by atoms with Crippen LogP contribution in [0.5, 0.6) is 0 Å². The average Bonchev–Trinajstić information content (AvgIpc) is 3.13. The fourth-order valence-corrected chi connectivity index (χ4v) is 3.68. The molecule has 3 amide bonds. The molecule has 0 bridgehead atoms. The topological polar surface area (TPSA) is 53.5 Å². The van der Waals surface area contributed by atoms with E-state index in [1.807, 2.05) is 5.38 Å². The lowest BCUT2D eigenvalue weighted by Gasteiger charge is -2.14. The van der Waals surface area contributed by atoms with Crippen LogP contribution in [0.25, 0.3) is 0 Å². The molecule has 108 valence electrons. The summed E-state index contributed by atoms with van der Waals surface area (Å²) in [4.78, 5) is 32.0. The fraction of sp³-hybridized carbons (Fsp3) is 0.643. The van der Waals surface area contributed by atoms with Gasteiger partial charge in [0.15, 0.2) is 0 Å². The zero-order chi connectivity index (χ0) is 14.1. The van der Waals surface area contributed by atoms with Crippen LogP contribution < -0.4 is 0 Å². The highest BCUT2D eigenvalue weighted by Gasteiger charge is 2.47. The summed E-state index contributed by atoms with van der Waals surface area (Å²) in [6, 6.07) is -0.346. The number of rotatable bonds is 5. The first-order chi connectivity index (χ1) is 9.70. The Labute approximate surface area is 122 Å². The van der Waals surface area contributed by atoms with Crippen molar-refractivity contribution in [2.24, 2.45) is 0 Å². The van der Waals surface area contributed by atoms with Gasteiger partial charge in [0.25, 0.3) is 5.91 Å². The van der Waals surface area contributed by atoms with Gasteiger partial charge < -0.3 is 4.90 Å². The maximum Gasteiger partial charge on any atom is 0.327 e. The number of hydrogen-bond donors (Lipinski definition) is 0. The summed E-state index contributed by atoms with van der Waals surface area (Å²) >= 11 is 1.62. The molecule has 3 rings (SSSR count). The SMILES string of the molecule is CCCCc1nc(CN2C(=O)[C@H]3CCCN3C2=O)cs1. The van der Waals surface area contributed by atoms with Gasteiger partial charge in [-0.05, 0) is 25.7 Å². The Morgan fingerprint density at radius 1 is 1.45 bits per heavy atom. The first kappa shape index (κ1) is 13.5. The van der Waals surface area contributed by atoms with Crippen LogP contribution >= 0.6 is 11.3 Å². The molecule has 0 saturated carbocycles. The number of nitrogens with zero attached hydrogens (tertiary/aromatic N) is 3. The van der Waals surface area contributed by atoms with Crippen molar-refractivity contribution >= 4 is 23.3 Å². The van der Waals surface area contributed by atoms with E-state index in [0.717, 1.165) is 42.8 Å². The fourth-order valence-electron chi connectivity index (χ4n) is 2.85. The van der Waals surface area contributed by atoms with Crippen LogP contribution in [0.3, 0.4) is 0 Å². The molecular formula is C14H19N3O2S. The Bertz CT molecular complexity index is 506. The monoisotopic (exact) mass is 293 g/mol. The van der Waals surface area contributed by atoms with Crippen LogP contribution in [0.1, 0.15) is 43.3 Å². The highest BCUT2D eigenvalue weighted by Crippen LogP contribution is 2.28. The van der Waals surface area contributed by atoms with E-state index in [2.05, 4.69) is 11.9 Å². The third kappa shape index (κ3) is 2.32. The van der Waals surface area contributed by atoms with Gasteiger partial charge in [0.2, 0.25) is 0 Å². The molecular weight excluding hydrogens is 274 g/mol. The van der Waals surface area contributed by atoms with Gasteiger partial charge >= 0.3 is 6.03 Å². The number of fused-ring (bicyclic) bond motifs is 1. The predicted molar refractivity (Wildman–Crippen MR) is 76.4 cm³/mol. The van der Waals surface area contributed by atoms with Gasteiger partial charge in [-0.3, -0.25) is 9.69 Å². The molecule has 1 aromatic rings. The Morgan fingerprint density at radius 3 is 3.05 bits per heavy atom. The van der Waals surface area contributed by atoms with Crippen LogP contribution in [0.4, 0.5) is 4.79 Å². The highest BCUT2D eigenvalue weighted by atomic mass is 32.1. The third-order valence-electron chi connectivity index (χ3n) is 3.94. The predicted octanol–water partition coefficient (Wildman–Crippen LogP) is 2.41. The average molecular weight is 293 g/mol. The molecule has 2 fully saturated rings. The number of amides is 3. The molecule has 1 aromatic heterocycles. The van der Waals surface area contributed by atoms with E-state index >= 15 is 0 Å². The summed E-state index contributed by atoms with van der Waals surface area (Å²) in [5.41, 5.74) is 0.837. The Balaban J connectivity index is 1.67. The number of aryl methyl sites for hydroxylation is 1. The van der Waals surface area contributed by atoms with Crippen LogP contribution in [0, 0.1) is 0 Å². The largest absolute Gasteiger partial charge is 0.327 e. The van der Waals surface area contributed by atoms with E-state index in [1.165, 1.54) is 4.90 Å². The number of hydrogen-bond acceptors (Lipinski definition) is 4. The van der Waals surface area contributed by atoms with E-state index in [0.29, 0.717) is 13.1 Å². The summed E-state index contributed by atoms with van der Waals surface area (Å²) < 4.78 is 0. The lowest BCUT2D eigenvalue weighted by molar-refractivity contribution is -0.128. The standard InChI is InChI=1S/C14H19N3O2S/c1-2-3-6-12-15-10(9-20-12)8-17-13(18)11-5-4-7-16(11)14(17)19/h9,11H,2-8H2,1H3/t11-/m1/s1. The normalized spacial score (nSPS) is 21.9. The van der Waals surface area contributed by atoms with Gasteiger partial charge in [-0.15, -0.1) is 11.3 Å². The molecule has 20 heavy (non-hydrogen) atoms.